The van der Waals surface area contributed by atoms with Gasteiger partial charge in [-0.05, 0) is 58.9 Å². The average molecular weight is 323 g/mol. The molecule has 0 radical (unpaired) electrons. The standard InChI is InChI=1S/C23H17NO/c1-14(25)15-8-9-20-21(12-15)18-6-2-3-7-19(18)23(20)17-11-16-5-4-10-24-22(16)13-17/h2-10,12H,11,13H2,1H3/b23-17-. The van der Waals surface area contributed by atoms with Crippen molar-refractivity contribution in [2.24, 2.45) is 0 Å². The van der Waals surface area contributed by atoms with Crippen molar-refractivity contribution in [3.05, 3.63) is 94.3 Å². The number of carbonyl (C=O) groups excluding carboxylic acids is 1. The minimum Gasteiger partial charge on any atom is -0.295 e. The van der Waals surface area contributed by atoms with Crippen molar-refractivity contribution in [2.45, 2.75) is 19.8 Å². The van der Waals surface area contributed by atoms with Gasteiger partial charge in [0, 0.05) is 23.9 Å². The molecule has 1 aromatic heterocycles. The topological polar surface area (TPSA) is 30.0 Å². The highest BCUT2D eigenvalue weighted by atomic mass is 16.1. The SMILES string of the molecule is CC(=O)c1ccc2c(c1)-c1ccccc1/C2=C1\Cc2cccnc2C1. The molecule has 0 aliphatic heterocycles. The van der Waals surface area contributed by atoms with Crippen LogP contribution in [-0.4, -0.2) is 10.8 Å². The Morgan fingerprint density at radius 1 is 0.880 bits per heavy atom. The highest BCUT2D eigenvalue weighted by molar-refractivity contribution is 6.05. The van der Waals surface area contributed by atoms with E-state index in [1.807, 2.05) is 24.4 Å². The second-order valence-electron chi connectivity index (χ2n) is 6.80. The summed E-state index contributed by atoms with van der Waals surface area (Å²) in [7, 11) is 0. The molecule has 2 nitrogen and oxygen atoms in total. The van der Waals surface area contributed by atoms with Gasteiger partial charge in [-0.1, -0.05) is 48.0 Å². The normalized spacial score (nSPS) is 17.2. The van der Waals surface area contributed by atoms with E-state index in [9.17, 15) is 4.79 Å². The number of ketones is 1. The summed E-state index contributed by atoms with van der Waals surface area (Å²) in [6.45, 7) is 1.63. The third-order valence-electron chi connectivity index (χ3n) is 5.30. The van der Waals surface area contributed by atoms with E-state index in [4.69, 9.17) is 0 Å². The molecule has 25 heavy (non-hydrogen) atoms. The van der Waals surface area contributed by atoms with Crippen LogP contribution in [0.5, 0.6) is 0 Å². The van der Waals surface area contributed by atoms with E-state index in [0.717, 1.165) is 18.4 Å². The lowest BCUT2D eigenvalue weighted by atomic mass is 9.95. The van der Waals surface area contributed by atoms with Crippen LogP contribution in [-0.2, 0) is 12.8 Å². The van der Waals surface area contributed by atoms with Crippen LogP contribution in [0.2, 0.25) is 0 Å². The molecule has 3 aromatic rings. The first-order valence-corrected chi connectivity index (χ1v) is 8.62. The Balaban J connectivity index is 1.75. The summed E-state index contributed by atoms with van der Waals surface area (Å²) in [6, 6.07) is 18.8. The van der Waals surface area contributed by atoms with Gasteiger partial charge < -0.3 is 0 Å². The van der Waals surface area contributed by atoms with Gasteiger partial charge >= 0.3 is 0 Å². The predicted molar refractivity (Wildman–Crippen MR) is 99.5 cm³/mol. The van der Waals surface area contributed by atoms with Gasteiger partial charge in [0.25, 0.3) is 0 Å². The molecule has 0 bridgehead atoms. The number of Topliss-reactive ketones (excluding diaryl/α,β-unsaturated/α-hetero) is 1. The number of hydrogen-bond acceptors (Lipinski definition) is 2. The van der Waals surface area contributed by atoms with Crippen molar-refractivity contribution in [1.82, 2.24) is 4.98 Å². The summed E-state index contributed by atoms with van der Waals surface area (Å²) in [5.41, 5.74) is 11.0. The van der Waals surface area contributed by atoms with Gasteiger partial charge in [0.1, 0.15) is 0 Å². The molecule has 2 aliphatic rings. The van der Waals surface area contributed by atoms with Gasteiger partial charge in [-0.15, -0.1) is 0 Å². The molecule has 5 rings (SSSR count). The fraction of sp³-hybridized carbons (Fsp3) is 0.130. The number of benzene rings is 2. The summed E-state index contributed by atoms with van der Waals surface area (Å²) >= 11 is 0. The number of allylic oxidation sites excluding steroid dienone is 1. The fourth-order valence-corrected chi connectivity index (χ4v) is 4.13. The zero-order valence-electron chi connectivity index (χ0n) is 14.0. The molecule has 0 N–H and O–H groups in total. The molecule has 0 saturated carbocycles. The first-order valence-electron chi connectivity index (χ1n) is 8.62. The van der Waals surface area contributed by atoms with Crippen LogP contribution < -0.4 is 0 Å². The minimum absolute atomic E-state index is 0.110. The van der Waals surface area contributed by atoms with E-state index in [1.54, 1.807) is 6.92 Å². The van der Waals surface area contributed by atoms with Crippen LogP contribution in [0.15, 0.2) is 66.4 Å². The van der Waals surface area contributed by atoms with Gasteiger partial charge in [-0.25, -0.2) is 0 Å². The Morgan fingerprint density at radius 3 is 2.48 bits per heavy atom. The summed E-state index contributed by atoms with van der Waals surface area (Å²) in [5.74, 6) is 0.110. The number of hydrogen-bond donors (Lipinski definition) is 0. The fourth-order valence-electron chi connectivity index (χ4n) is 4.13. The lowest BCUT2D eigenvalue weighted by Gasteiger charge is -2.08. The molecule has 2 aliphatic carbocycles. The maximum Gasteiger partial charge on any atom is 0.159 e. The van der Waals surface area contributed by atoms with Crippen molar-refractivity contribution >= 4 is 11.4 Å². The van der Waals surface area contributed by atoms with Crippen LogP contribution in [0.3, 0.4) is 0 Å². The van der Waals surface area contributed by atoms with E-state index < -0.39 is 0 Å². The van der Waals surface area contributed by atoms with Gasteiger partial charge in [-0.2, -0.15) is 0 Å². The largest absolute Gasteiger partial charge is 0.295 e. The van der Waals surface area contributed by atoms with E-state index in [1.165, 1.54) is 44.7 Å². The molecule has 120 valence electrons. The number of aromatic nitrogens is 1. The van der Waals surface area contributed by atoms with Crippen LogP contribution in [0.4, 0.5) is 0 Å². The molecular weight excluding hydrogens is 306 g/mol. The second kappa shape index (κ2) is 5.25. The molecule has 2 heteroatoms. The maximum atomic E-state index is 11.8. The number of rotatable bonds is 1. The van der Waals surface area contributed by atoms with Crippen molar-refractivity contribution in [1.29, 1.82) is 0 Å². The Bertz CT molecular complexity index is 1050. The molecule has 0 amide bonds. The molecule has 0 unspecified atom stereocenters. The van der Waals surface area contributed by atoms with Gasteiger partial charge in [-0.3, -0.25) is 9.78 Å². The first-order chi connectivity index (χ1) is 12.2. The molecular formula is C23H17NO. The highest BCUT2D eigenvalue weighted by Crippen LogP contribution is 2.47. The number of carbonyl (C=O) groups is 1. The van der Waals surface area contributed by atoms with Crippen LogP contribution in [0.1, 0.15) is 39.7 Å². The van der Waals surface area contributed by atoms with E-state index in [-0.39, 0.29) is 5.78 Å². The summed E-state index contributed by atoms with van der Waals surface area (Å²) < 4.78 is 0. The third-order valence-corrected chi connectivity index (χ3v) is 5.30. The van der Waals surface area contributed by atoms with Crippen molar-refractivity contribution in [3.63, 3.8) is 0 Å². The molecule has 0 spiro atoms. The average Bonchev–Trinajstić information content (AvgIpc) is 3.19. The lowest BCUT2D eigenvalue weighted by Crippen LogP contribution is -1.94. The smallest absolute Gasteiger partial charge is 0.159 e. The van der Waals surface area contributed by atoms with Gasteiger partial charge in [0.15, 0.2) is 5.78 Å². The zero-order chi connectivity index (χ0) is 17.0. The van der Waals surface area contributed by atoms with E-state index >= 15 is 0 Å². The van der Waals surface area contributed by atoms with E-state index in [0.29, 0.717) is 0 Å². The van der Waals surface area contributed by atoms with Crippen molar-refractivity contribution in [2.75, 3.05) is 0 Å². The van der Waals surface area contributed by atoms with E-state index in [2.05, 4.69) is 41.4 Å². The van der Waals surface area contributed by atoms with Gasteiger partial charge in [0.2, 0.25) is 0 Å². The Kier molecular flexibility index (Phi) is 3.01. The Labute approximate surface area is 146 Å². The maximum absolute atomic E-state index is 11.8. The molecule has 2 aromatic carbocycles. The highest BCUT2D eigenvalue weighted by Gasteiger charge is 2.29. The van der Waals surface area contributed by atoms with Gasteiger partial charge in [0.05, 0.1) is 0 Å². The quantitative estimate of drug-likeness (QED) is 0.468. The molecule has 0 fully saturated rings. The van der Waals surface area contributed by atoms with Crippen LogP contribution in [0.25, 0.3) is 16.7 Å². The summed E-state index contributed by atoms with van der Waals surface area (Å²) in [4.78, 5) is 16.4. The number of pyridine rings is 1. The molecule has 0 saturated heterocycles. The van der Waals surface area contributed by atoms with Crippen LogP contribution in [0, 0.1) is 0 Å². The second-order valence-corrected chi connectivity index (χ2v) is 6.80. The number of nitrogens with zero attached hydrogens (tertiary/aromatic N) is 1. The summed E-state index contributed by atoms with van der Waals surface area (Å²) in [6.07, 6.45) is 3.75. The molecule has 0 atom stereocenters. The van der Waals surface area contributed by atoms with Crippen molar-refractivity contribution < 1.29 is 4.79 Å². The minimum atomic E-state index is 0.110. The van der Waals surface area contributed by atoms with Crippen molar-refractivity contribution in [3.8, 4) is 11.1 Å². The summed E-state index contributed by atoms with van der Waals surface area (Å²) in [5, 5.41) is 0. The van der Waals surface area contributed by atoms with Crippen LogP contribution >= 0.6 is 0 Å². The predicted octanol–water partition coefficient (Wildman–Crippen LogP) is 4.87. The number of fused-ring (bicyclic) bond motifs is 4. The first kappa shape index (κ1) is 14.4. The zero-order valence-corrected chi connectivity index (χ0v) is 14.0. The Morgan fingerprint density at radius 2 is 1.68 bits per heavy atom. The Hall–Kier alpha value is -3.00. The third kappa shape index (κ3) is 2.11. The molecule has 1 heterocycles. The monoisotopic (exact) mass is 323 g/mol. The lowest BCUT2D eigenvalue weighted by molar-refractivity contribution is 0.101.